The molecule has 0 saturated carbocycles. The van der Waals surface area contributed by atoms with Crippen LogP contribution in [0.2, 0.25) is 0 Å². The minimum absolute atomic E-state index is 0.509. The van der Waals surface area contributed by atoms with Crippen molar-refractivity contribution in [3.63, 3.8) is 0 Å². The molecule has 0 heterocycles. The van der Waals surface area contributed by atoms with Crippen LogP contribution in [0.4, 0.5) is 0 Å². The van der Waals surface area contributed by atoms with Crippen LogP contribution in [-0.4, -0.2) is 0 Å². The summed E-state index contributed by atoms with van der Waals surface area (Å²) in [5.41, 5.74) is 0.509. The largest absolute Gasteiger partial charge is 0.103 e. The molecule has 1 aliphatic rings. The summed E-state index contributed by atoms with van der Waals surface area (Å²) < 4.78 is 0. The highest BCUT2D eigenvalue weighted by Gasteiger charge is 2.27. The quantitative estimate of drug-likeness (QED) is 0.530. The first-order valence-electron chi connectivity index (χ1n) is 4.62. The lowest BCUT2D eigenvalue weighted by atomic mass is 9.72. The van der Waals surface area contributed by atoms with Crippen molar-refractivity contribution in [2.45, 2.75) is 46.5 Å². The number of hydrogen-bond acceptors (Lipinski definition) is 0. The SMILES string of the molecule is CCC(C)(C)C1CC#CCC1. The number of hydrogen-bond donors (Lipinski definition) is 0. The zero-order valence-corrected chi connectivity index (χ0v) is 7.91. The van der Waals surface area contributed by atoms with E-state index in [0.717, 1.165) is 18.8 Å². The summed E-state index contributed by atoms with van der Waals surface area (Å²) in [4.78, 5) is 0. The van der Waals surface area contributed by atoms with Gasteiger partial charge >= 0.3 is 0 Å². The standard InChI is InChI=1S/C11H18/c1-4-11(2,3)10-8-6-5-7-9-10/h10H,4,6,8-9H2,1-3H3. The van der Waals surface area contributed by atoms with Gasteiger partial charge in [-0.3, -0.25) is 0 Å². The van der Waals surface area contributed by atoms with Crippen LogP contribution in [0.3, 0.4) is 0 Å². The van der Waals surface area contributed by atoms with Gasteiger partial charge in [0, 0.05) is 12.8 Å². The van der Waals surface area contributed by atoms with Crippen molar-refractivity contribution in [1.82, 2.24) is 0 Å². The Balaban J connectivity index is 2.55. The first-order chi connectivity index (χ1) is 5.17. The van der Waals surface area contributed by atoms with E-state index in [2.05, 4.69) is 32.6 Å². The molecule has 0 aromatic rings. The van der Waals surface area contributed by atoms with Crippen LogP contribution in [0.15, 0.2) is 0 Å². The molecule has 0 fully saturated rings. The van der Waals surface area contributed by atoms with Crippen molar-refractivity contribution in [2.75, 3.05) is 0 Å². The van der Waals surface area contributed by atoms with Crippen LogP contribution in [0.5, 0.6) is 0 Å². The van der Waals surface area contributed by atoms with Crippen LogP contribution in [0, 0.1) is 23.2 Å². The molecule has 0 aromatic heterocycles. The van der Waals surface area contributed by atoms with Gasteiger partial charge in [0.05, 0.1) is 0 Å². The maximum absolute atomic E-state index is 3.23. The van der Waals surface area contributed by atoms with E-state index in [4.69, 9.17) is 0 Å². The fourth-order valence-electron chi connectivity index (χ4n) is 1.59. The van der Waals surface area contributed by atoms with Crippen molar-refractivity contribution >= 4 is 0 Å². The monoisotopic (exact) mass is 150 g/mol. The third-order valence-electron chi connectivity index (χ3n) is 3.11. The van der Waals surface area contributed by atoms with E-state index in [1.165, 1.54) is 12.8 Å². The molecule has 0 radical (unpaired) electrons. The molecule has 0 heteroatoms. The second kappa shape index (κ2) is 3.30. The lowest BCUT2D eigenvalue weighted by Crippen LogP contribution is -2.23. The first-order valence-corrected chi connectivity index (χ1v) is 4.62. The molecule has 0 nitrogen and oxygen atoms in total. The van der Waals surface area contributed by atoms with E-state index >= 15 is 0 Å². The smallest absolute Gasteiger partial charge is 0.0122 e. The summed E-state index contributed by atoms with van der Waals surface area (Å²) >= 11 is 0. The van der Waals surface area contributed by atoms with Gasteiger partial charge in [0.25, 0.3) is 0 Å². The van der Waals surface area contributed by atoms with Crippen LogP contribution in [0.1, 0.15) is 46.5 Å². The Morgan fingerprint density at radius 1 is 1.36 bits per heavy atom. The minimum atomic E-state index is 0.509. The van der Waals surface area contributed by atoms with Gasteiger partial charge in [-0.1, -0.05) is 27.2 Å². The summed E-state index contributed by atoms with van der Waals surface area (Å²) in [7, 11) is 0. The Kier molecular flexibility index (Phi) is 2.60. The summed E-state index contributed by atoms with van der Waals surface area (Å²) in [5.74, 6) is 7.23. The highest BCUT2D eigenvalue weighted by Crippen LogP contribution is 2.36. The predicted molar refractivity (Wildman–Crippen MR) is 49.2 cm³/mol. The molecule has 0 bridgehead atoms. The molecule has 1 unspecified atom stereocenters. The van der Waals surface area contributed by atoms with E-state index in [-0.39, 0.29) is 0 Å². The second-order valence-corrected chi connectivity index (χ2v) is 4.14. The average Bonchev–Trinajstić information content (AvgIpc) is 2.06. The van der Waals surface area contributed by atoms with Crippen molar-refractivity contribution in [2.24, 2.45) is 11.3 Å². The maximum Gasteiger partial charge on any atom is 0.0122 e. The third-order valence-corrected chi connectivity index (χ3v) is 3.11. The van der Waals surface area contributed by atoms with Gasteiger partial charge in [-0.05, 0) is 17.8 Å². The zero-order chi connectivity index (χ0) is 8.32. The van der Waals surface area contributed by atoms with Crippen molar-refractivity contribution in [3.8, 4) is 11.8 Å². The summed E-state index contributed by atoms with van der Waals surface area (Å²) in [6.45, 7) is 7.01. The summed E-state index contributed by atoms with van der Waals surface area (Å²) in [6.07, 6.45) is 4.84. The van der Waals surface area contributed by atoms with Gasteiger partial charge < -0.3 is 0 Å². The Labute approximate surface area is 70.4 Å². The van der Waals surface area contributed by atoms with Gasteiger partial charge in [0.2, 0.25) is 0 Å². The molecule has 0 aliphatic heterocycles. The molecule has 1 atom stereocenters. The van der Waals surface area contributed by atoms with E-state index in [0.29, 0.717) is 5.41 Å². The lowest BCUT2D eigenvalue weighted by molar-refractivity contribution is 0.194. The fourth-order valence-corrected chi connectivity index (χ4v) is 1.59. The van der Waals surface area contributed by atoms with Crippen molar-refractivity contribution < 1.29 is 0 Å². The Bertz CT molecular complexity index is 178. The van der Waals surface area contributed by atoms with Crippen molar-refractivity contribution in [3.05, 3.63) is 0 Å². The maximum atomic E-state index is 3.23. The molecule has 1 aliphatic carbocycles. The summed E-state index contributed by atoms with van der Waals surface area (Å²) in [6, 6.07) is 0. The van der Waals surface area contributed by atoms with Crippen LogP contribution >= 0.6 is 0 Å². The van der Waals surface area contributed by atoms with Crippen LogP contribution in [-0.2, 0) is 0 Å². The summed E-state index contributed by atoms with van der Waals surface area (Å²) in [5, 5.41) is 0. The zero-order valence-electron chi connectivity index (χ0n) is 7.91. The van der Waals surface area contributed by atoms with Gasteiger partial charge in [-0.2, -0.15) is 0 Å². The highest BCUT2D eigenvalue weighted by molar-refractivity contribution is 5.06. The molecule has 0 spiro atoms. The van der Waals surface area contributed by atoms with E-state index < -0.39 is 0 Å². The Morgan fingerprint density at radius 3 is 2.55 bits per heavy atom. The van der Waals surface area contributed by atoms with Gasteiger partial charge in [-0.25, -0.2) is 0 Å². The highest BCUT2D eigenvalue weighted by atomic mass is 14.3. The predicted octanol–water partition coefficient (Wildman–Crippen LogP) is 3.23. The molecular weight excluding hydrogens is 132 g/mol. The Hall–Kier alpha value is -0.440. The second-order valence-electron chi connectivity index (χ2n) is 4.14. The van der Waals surface area contributed by atoms with Crippen LogP contribution in [0.25, 0.3) is 0 Å². The van der Waals surface area contributed by atoms with Gasteiger partial charge in [0.15, 0.2) is 0 Å². The average molecular weight is 150 g/mol. The third kappa shape index (κ3) is 1.99. The first kappa shape index (κ1) is 8.65. The molecule has 0 amide bonds. The normalized spacial score (nSPS) is 24.1. The molecule has 0 saturated heterocycles. The molecule has 1 rings (SSSR count). The van der Waals surface area contributed by atoms with E-state index in [1.807, 2.05) is 0 Å². The molecule has 62 valence electrons. The number of rotatable bonds is 2. The lowest BCUT2D eigenvalue weighted by Gasteiger charge is -2.33. The molecule has 11 heavy (non-hydrogen) atoms. The van der Waals surface area contributed by atoms with E-state index in [9.17, 15) is 0 Å². The van der Waals surface area contributed by atoms with Crippen LogP contribution < -0.4 is 0 Å². The minimum Gasteiger partial charge on any atom is -0.103 e. The van der Waals surface area contributed by atoms with Crippen molar-refractivity contribution in [1.29, 1.82) is 0 Å². The van der Waals surface area contributed by atoms with E-state index in [1.54, 1.807) is 0 Å². The van der Waals surface area contributed by atoms with Gasteiger partial charge in [0.1, 0.15) is 0 Å². The molecule has 0 N–H and O–H groups in total. The fraction of sp³-hybridized carbons (Fsp3) is 0.818. The molecular formula is C11H18. The topological polar surface area (TPSA) is 0 Å². The Morgan fingerprint density at radius 2 is 2.09 bits per heavy atom. The molecule has 0 aromatic carbocycles. The van der Waals surface area contributed by atoms with Gasteiger partial charge in [-0.15, -0.1) is 11.8 Å².